The van der Waals surface area contributed by atoms with Crippen molar-refractivity contribution in [1.29, 1.82) is 0 Å². The van der Waals surface area contributed by atoms with Crippen molar-refractivity contribution in [3.8, 4) is 11.4 Å². The molecule has 1 N–H and O–H groups in total. The molecule has 0 fully saturated rings. The molecule has 0 bridgehead atoms. The molecule has 0 radical (unpaired) electrons. The third kappa shape index (κ3) is 3.22. The first-order valence-corrected chi connectivity index (χ1v) is 9.52. The molecule has 0 aliphatic carbocycles. The van der Waals surface area contributed by atoms with E-state index in [2.05, 4.69) is 42.2 Å². The van der Waals surface area contributed by atoms with Gasteiger partial charge in [0.25, 0.3) is 0 Å². The van der Waals surface area contributed by atoms with Gasteiger partial charge in [0.1, 0.15) is 5.82 Å². The van der Waals surface area contributed by atoms with Crippen molar-refractivity contribution in [1.82, 2.24) is 24.7 Å². The predicted octanol–water partition coefficient (Wildman–Crippen LogP) is 4.61. The van der Waals surface area contributed by atoms with Crippen LogP contribution in [0.1, 0.15) is 36.3 Å². The highest BCUT2D eigenvalue weighted by atomic mass is 15.3. The molecule has 28 heavy (non-hydrogen) atoms. The van der Waals surface area contributed by atoms with E-state index in [9.17, 15) is 0 Å². The highest BCUT2D eigenvalue weighted by Crippen LogP contribution is 2.31. The fourth-order valence-corrected chi connectivity index (χ4v) is 3.65. The molecular formula is C22H24N6. The second kappa shape index (κ2) is 7.38. The molecular weight excluding hydrogens is 348 g/mol. The van der Waals surface area contributed by atoms with Gasteiger partial charge in [0.2, 0.25) is 0 Å². The van der Waals surface area contributed by atoms with Gasteiger partial charge in [-0.3, -0.25) is 9.67 Å². The number of nitrogens with one attached hydrogen (secondary N) is 1. The minimum Gasteiger partial charge on any atom is -0.363 e. The predicted molar refractivity (Wildman–Crippen MR) is 112 cm³/mol. The van der Waals surface area contributed by atoms with E-state index in [4.69, 9.17) is 9.97 Å². The zero-order valence-corrected chi connectivity index (χ0v) is 16.6. The van der Waals surface area contributed by atoms with Gasteiger partial charge in [0.15, 0.2) is 5.82 Å². The average molecular weight is 372 g/mol. The van der Waals surface area contributed by atoms with Crippen LogP contribution in [0.2, 0.25) is 0 Å². The minimum atomic E-state index is 0.122. The van der Waals surface area contributed by atoms with Crippen molar-refractivity contribution < 1.29 is 0 Å². The first-order valence-electron chi connectivity index (χ1n) is 9.52. The third-order valence-electron chi connectivity index (χ3n) is 5.17. The highest BCUT2D eigenvalue weighted by Gasteiger charge is 2.20. The van der Waals surface area contributed by atoms with Crippen LogP contribution in [-0.2, 0) is 7.05 Å². The monoisotopic (exact) mass is 372 g/mol. The quantitative estimate of drug-likeness (QED) is 0.554. The van der Waals surface area contributed by atoms with Gasteiger partial charge in [-0.25, -0.2) is 9.97 Å². The Morgan fingerprint density at radius 2 is 1.79 bits per heavy atom. The van der Waals surface area contributed by atoms with Crippen LogP contribution in [0.15, 0.2) is 48.8 Å². The Morgan fingerprint density at radius 1 is 1.04 bits per heavy atom. The van der Waals surface area contributed by atoms with Crippen molar-refractivity contribution in [3.05, 3.63) is 65.7 Å². The van der Waals surface area contributed by atoms with Crippen LogP contribution in [0.25, 0.3) is 22.3 Å². The molecule has 1 atom stereocenters. The molecule has 4 aromatic rings. The normalized spacial score (nSPS) is 12.3. The van der Waals surface area contributed by atoms with E-state index < -0.39 is 0 Å². The number of aromatic nitrogens is 5. The van der Waals surface area contributed by atoms with E-state index in [-0.39, 0.29) is 6.04 Å². The number of fused-ring (bicyclic) bond motifs is 1. The fraction of sp³-hybridized carbons (Fsp3) is 0.273. The Hall–Kier alpha value is -3.28. The van der Waals surface area contributed by atoms with Gasteiger partial charge in [-0.2, -0.15) is 5.10 Å². The highest BCUT2D eigenvalue weighted by molar-refractivity contribution is 5.90. The number of anilines is 1. The van der Waals surface area contributed by atoms with E-state index in [0.717, 1.165) is 34.4 Å². The first-order chi connectivity index (χ1) is 13.6. The second-order valence-electron chi connectivity index (χ2n) is 6.96. The van der Waals surface area contributed by atoms with E-state index >= 15 is 0 Å². The first kappa shape index (κ1) is 18.1. The van der Waals surface area contributed by atoms with Crippen molar-refractivity contribution in [2.24, 2.45) is 7.05 Å². The Balaban J connectivity index is 1.83. The van der Waals surface area contributed by atoms with E-state index in [0.29, 0.717) is 5.82 Å². The third-order valence-corrected chi connectivity index (χ3v) is 5.17. The Morgan fingerprint density at radius 3 is 2.46 bits per heavy atom. The molecule has 4 rings (SSSR count). The minimum absolute atomic E-state index is 0.122. The summed E-state index contributed by atoms with van der Waals surface area (Å²) >= 11 is 0. The smallest absolute Gasteiger partial charge is 0.162 e. The van der Waals surface area contributed by atoms with Gasteiger partial charge >= 0.3 is 0 Å². The van der Waals surface area contributed by atoms with Crippen LogP contribution in [0.3, 0.4) is 0 Å². The average Bonchev–Trinajstić information content (AvgIpc) is 2.98. The summed E-state index contributed by atoms with van der Waals surface area (Å²) in [7, 11) is 1.99. The number of hydrogen-bond donors (Lipinski definition) is 1. The number of aryl methyl sites for hydroxylation is 2. The van der Waals surface area contributed by atoms with Gasteiger partial charge in [0, 0.05) is 41.6 Å². The number of benzene rings is 1. The van der Waals surface area contributed by atoms with Gasteiger partial charge in [-0.05, 0) is 44.5 Å². The maximum absolute atomic E-state index is 4.87. The maximum atomic E-state index is 4.87. The largest absolute Gasteiger partial charge is 0.363 e. The lowest BCUT2D eigenvalue weighted by Gasteiger charge is -2.20. The van der Waals surface area contributed by atoms with E-state index in [1.165, 1.54) is 11.3 Å². The lowest BCUT2D eigenvalue weighted by molar-refractivity contribution is 0.715. The van der Waals surface area contributed by atoms with Crippen molar-refractivity contribution in [2.45, 2.75) is 33.2 Å². The SMILES string of the molecule is CCC(Nc1nc(-c2ccncc2)nc2ccccc12)c1c(C)nn(C)c1C. The molecule has 0 amide bonds. The van der Waals surface area contributed by atoms with Crippen LogP contribution in [-0.4, -0.2) is 24.7 Å². The van der Waals surface area contributed by atoms with Crippen LogP contribution in [0.4, 0.5) is 5.82 Å². The molecule has 6 nitrogen and oxygen atoms in total. The molecule has 0 aliphatic rings. The van der Waals surface area contributed by atoms with Crippen molar-refractivity contribution in [2.75, 3.05) is 5.32 Å². The van der Waals surface area contributed by atoms with Crippen molar-refractivity contribution in [3.63, 3.8) is 0 Å². The lowest BCUT2D eigenvalue weighted by atomic mass is 10.0. The van der Waals surface area contributed by atoms with Crippen LogP contribution >= 0.6 is 0 Å². The summed E-state index contributed by atoms with van der Waals surface area (Å²) in [6.07, 6.45) is 4.45. The Bertz CT molecular complexity index is 1120. The Kier molecular flexibility index (Phi) is 4.77. The zero-order valence-electron chi connectivity index (χ0n) is 16.6. The molecule has 142 valence electrons. The fourth-order valence-electron chi connectivity index (χ4n) is 3.65. The zero-order chi connectivity index (χ0) is 19.7. The summed E-state index contributed by atoms with van der Waals surface area (Å²) < 4.78 is 1.94. The van der Waals surface area contributed by atoms with Gasteiger partial charge in [-0.15, -0.1) is 0 Å². The molecule has 1 unspecified atom stereocenters. The molecule has 3 heterocycles. The maximum Gasteiger partial charge on any atom is 0.162 e. The van der Waals surface area contributed by atoms with Gasteiger partial charge in [-0.1, -0.05) is 19.1 Å². The topological polar surface area (TPSA) is 68.5 Å². The van der Waals surface area contributed by atoms with Crippen LogP contribution in [0, 0.1) is 13.8 Å². The Labute approximate surface area is 164 Å². The molecule has 0 saturated carbocycles. The number of para-hydroxylation sites is 1. The number of pyridine rings is 1. The van der Waals surface area contributed by atoms with E-state index in [1.54, 1.807) is 12.4 Å². The number of nitrogens with zero attached hydrogens (tertiary/aromatic N) is 5. The standard InChI is InChI=1S/C22H24N6/c1-5-18(20-14(2)27-28(4)15(20)3)24-22-17-8-6-7-9-19(17)25-21(26-22)16-10-12-23-13-11-16/h6-13,18H,5H2,1-4H3,(H,24,25,26). The van der Waals surface area contributed by atoms with Crippen LogP contribution in [0.5, 0.6) is 0 Å². The molecule has 0 saturated heterocycles. The van der Waals surface area contributed by atoms with Crippen molar-refractivity contribution >= 4 is 16.7 Å². The molecule has 1 aromatic carbocycles. The molecule has 3 aromatic heterocycles. The molecule has 6 heteroatoms. The summed E-state index contributed by atoms with van der Waals surface area (Å²) in [6.45, 7) is 6.35. The number of hydrogen-bond acceptors (Lipinski definition) is 5. The summed E-state index contributed by atoms with van der Waals surface area (Å²) in [5.41, 5.74) is 5.32. The van der Waals surface area contributed by atoms with Gasteiger partial charge in [0.05, 0.1) is 17.3 Å². The van der Waals surface area contributed by atoms with Crippen LogP contribution < -0.4 is 5.32 Å². The molecule has 0 spiro atoms. The summed E-state index contributed by atoms with van der Waals surface area (Å²) in [4.78, 5) is 13.7. The van der Waals surface area contributed by atoms with Gasteiger partial charge < -0.3 is 5.32 Å². The summed E-state index contributed by atoms with van der Waals surface area (Å²) in [5.74, 6) is 1.53. The molecule has 0 aliphatic heterocycles. The lowest BCUT2D eigenvalue weighted by Crippen LogP contribution is -2.14. The second-order valence-corrected chi connectivity index (χ2v) is 6.96. The number of rotatable bonds is 5. The summed E-state index contributed by atoms with van der Waals surface area (Å²) in [6, 6.07) is 12.1. The van der Waals surface area contributed by atoms with E-state index in [1.807, 2.05) is 42.1 Å². The summed E-state index contributed by atoms with van der Waals surface area (Å²) in [5, 5.41) is 9.27.